The van der Waals surface area contributed by atoms with Crippen molar-refractivity contribution in [3.63, 3.8) is 0 Å². The van der Waals surface area contributed by atoms with Crippen molar-refractivity contribution in [3.8, 4) is 11.8 Å². The van der Waals surface area contributed by atoms with Gasteiger partial charge in [-0.3, -0.25) is 4.79 Å². The van der Waals surface area contributed by atoms with Crippen LogP contribution in [0.4, 0.5) is 5.82 Å². The van der Waals surface area contributed by atoms with Gasteiger partial charge in [0.2, 0.25) is 0 Å². The van der Waals surface area contributed by atoms with Crippen LogP contribution in [-0.4, -0.2) is 29.5 Å². The predicted octanol–water partition coefficient (Wildman–Crippen LogP) is 3.18. The molecule has 0 aliphatic carbocycles. The zero-order valence-electron chi connectivity index (χ0n) is 14.4. The fourth-order valence-electron chi connectivity index (χ4n) is 3.88. The zero-order valence-corrected chi connectivity index (χ0v) is 14.4. The molecule has 0 saturated carbocycles. The molecule has 1 aromatic heterocycles. The Labute approximate surface area is 146 Å². The monoisotopic (exact) mass is 333 g/mol. The standard InChI is InChI=1S/C20H19N3O2/c1-13-9-14(2)22-19(16(13)11-21)23-8-7-20(12-23)10-17(24)15-5-3-4-6-18(15)25-20/h3-6,9H,7-8,10,12H2,1-2H3. The number of hydrogen-bond acceptors (Lipinski definition) is 5. The van der Waals surface area contributed by atoms with Crippen molar-refractivity contribution >= 4 is 11.6 Å². The number of pyridine rings is 1. The molecule has 1 aromatic carbocycles. The largest absolute Gasteiger partial charge is 0.484 e. The van der Waals surface area contributed by atoms with Crippen molar-refractivity contribution in [1.29, 1.82) is 5.26 Å². The summed E-state index contributed by atoms with van der Waals surface area (Å²) < 4.78 is 6.26. The number of carbonyl (C=O) groups is 1. The van der Waals surface area contributed by atoms with Gasteiger partial charge in [-0.2, -0.15) is 5.26 Å². The smallest absolute Gasteiger partial charge is 0.170 e. The molecule has 0 bridgehead atoms. The number of rotatable bonds is 1. The number of aromatic nitrogens is 1. The van der Waals surface area contributed by atoms with Gasteiger partial charge in [-0.05, 0) is 37.6 Å². The van der Waals surface area contributed by atoms with Gasteiger partial charge in [0.25, 0.3) is 0 Å². The van der Waals surface area contributed by atoms with Crippen LogP contribution in [0.15, 0.2) is 30.3 Å². The summed E-state index contributed by atoms with van der Waals surface area (Å²) in [5.74, 6) is 1.49. The van der Waals surface area contributed by atoms with Crippen LogP contribution >= 0.6 is 0 Å². The fourth-order valence-corrected chi connectivity index (χ4v) is 3.88. The second kappa shape index (κ2) is 5.59. The van der Waals surface area contributed by atoms with Crippen molar-refractivity contribution < 1.29 is 9.53 Å². The Bertz CT molecular complexity index is 916. The number of benzene rings is 1. The van der Waals surface area contributed by atoms with Crippen LogP contribution in [0, 0.1) is 25.2 Å². The van der Waals surface area contributed by atoms with Crippen LogP contribution in [0.3, 0.4) is 0 Å². The Kier molecular flexibility index (Phi) is 3.50. The van der Waals surface area contributed by atoms with Crippen molar-refractivity contribution in [2.75, 3.05) is 18.0 Å². The van der Waals surface area contributed by atoms with Gasteiger partial charge in [0.15, 0.2) is 5.78 Å². The average Bonchev–Trinajstić information content (AvgIpc) is 2.97. The zero-order chi connectivity index (χ0) is 17.6. The van der Waals surface area contributed by atoms with E-state index in [1.54, 1.807) is 0 Å². The summed E-state index contributed by atoms with van der Waals surface area (Å²) >= 11 is 0. The molecule has 2 aromatic rings. The minimum absolute atomic E-state index is 0.123. The van der Waals surface area contributed by atoms with Crippen molar-refractivity contribution in [1.82, 2.24) is 4.98 Å². The molecule has 0 amide bonds. The third kappa shape index (κ3) is 2.54. The maximum atomic E-state index is 12.6. The van der Waals surface area contributed by atoms with Crippen LogP contribution in [0.25, 0.3) is 0 Å². The molecule has 4 rings (SSSR count). The summed E-state index contributed by atoms with van der Waals surface area (Å²) in [6, 6.07) is 11.6. The minimum Gasteiger partial charge on any atom is -0.484 e. The highest BCUT2D eigenvalue weighted by atomic mass is 16.5. The van der Waals surface area contributed by atoms with Crippen molar-refractivity contribution in [2.24, 2.45) is 0 Å². The van der Waals surface area contributed by atoms with E-state index < -0.39 is 5.60 Å². The molecule has 0 N–H and O–H groups in total. The van der Waals surface area contributed by atoms with Crippen LogP contribution < -0.4 is 9.64 Å². The number of aryl methyl sites for hydroxylation is 2. The predicted molar refractivity (Wildman–Crippen MR) is 94.0 cm³/mol. The van der Waals surface area contributed by atoms with Gasteiger partial charge in [0, 0.05) is 18.7 Å². The lowest BCUT2D eigenvalue weighted by Gasteiger charge is -2.34. The van der Waals surface area contributed by atoms with E-state index in [1.807, 2.05) is 44.2 Å². The molecule has 1 unspecified atom stereocenters. The van der Waals surface area contributed by atoms with E-state index in [2.05, 4.69) is 16.0 Å². The first kappa shape index (κ1) is 15.6. The molecule has 2 aliphatic heterocycles. The molecule has 1 saturated heterocycles. The number of fused-ring (bicyclic) bond motifs is 1. The number of nitriles is 1. The summed E-state index contributed by atoms with van der Waals surface area (Å²) in [5.41, 5.74) is 2.55. The number of ketones is 1. The third-order valence-electron chi connectivity index (χ3n) is 5.05. The highest BCUT2D eigenvalue weighted by Crippen LogP contribution is 2.40. The van der Waals surface area contributed by atoms with Gasteiger partial charge < -0.3 is 9.64 Å². The summed E-state index contributed by atoms with van der Waals surface area (Å²) in [5, 5.41) is 9.52. The maximum absolute atomic E-state index is 12.6. The molecule has 1 atom stereocenters. The molecule has 0 radical (unpaired) electrons. The van der Waals surface area contributed by atoms with E-state index in [9.17, 15) is 10.1 Å². The van der Waals surface area contributed by atoms with E-state index >= 15 is 0 Å². The first-order chi connectivity index (χ1) is 12.0. The molecule has 126 valence electrons. The van der Waals surface area contributed by atoms with Crippen molar-refractivity contribution in [3.05, 3.63) is 52.7 Å². The van der Waals surface area contributed by atoms with E-state index in [-0.39, 0.29) is 5.78 Å². The average molecular weight is 333 g/mol. The van der Waals surface area contributed by atoms with Gasteiger partial charge in [-0.1, -0.05) is 12.1 Å². The highest BCUT2D eigenvalue weighted by Gasteiger charge is 2.46. The summed E-state index contributed by atoms with van der Waals surface area (Å²) in [6.07, 6.45) is 1.11. The quantitative estimate of drug-likeness (QED) is 0.802. The lowest BCUT2D eigenvalue weighted by atomic mass is 9.89. The third-order valence-corrected chi connectivity index (χ3v) is 5.05. The van der Waals surface area contributed by atoms with E-state index in [0.717, 1.165) is 24.2 Å². The van der Waals surface area contributed by atoms with Crippen LogP contribution in [0.5, 0.6) is 5.75 Å². The van der Waals surface area contributed by atoms with Gasteiger partial charge in [-0.25, -0.2) is 4.98 Å². The Balaban J connectivity index is 1.67. The van der Waals surface area contributed by atoms with Gasteiger partial charge in [-0.15, -0.1) is 0 Å². The molecule has 1 fully saturated rings. The van der Waals surface area contributed by atoms with Crippen molar-refractivity contribution in [2.45, 2.75) is 32.3 Å². The second-order valence-electron chi connectivity index (χ2n) is 6.94. The molecule has 1 spiro atoms. The molecule has 25 heavy (non-hydrogen) atoms. The fraction of sp³-hybridized carbons (Fsp3) is 0.350. The Morgan fingerprint density at radius 1 is 1.32 bits per heavy atom. The van der Waals surface area contributed by atoms with Crippen LogP contribution in [-0.2, 0) is 0 Å². The molecule has 5 nitrogen and oxygen atoms in total. The van der Waals surface area contributed by atoms with Gasteiger partial charge >= 0.3 is 0 Å². The second-order valence-corrected chi connectivity index (χ2v) is 6.94. The van der Waals surface area contributed by atoms with E-state index in [4.69, 9.17) is 4.74 Å². The number of hydrogen-bond donors (Lipinski definition) is 0. The maximum Gasteiger partial charge on any atom is 0.170 e. The number of Topliss-reactive ketones (excluding diaryl/α,β-unsaturated/α-hetero) is 1. The Morgan fingerprint density at radius 3 is 2.92 bits per heavy atom. The van der Waals surface area contributed by atoms with Gasteiger partial charge in [0.1, 0.15) is 23.2 Å². The first-order valence-corrected chi connectivity index (χ1v) is 8.46. The molecule has 3 heterocycles. The summed E-state index contributed by atoms with van der Waals surface area (Å²) in [7, 11) is 0. The summed E-state index contributed by atoms with van der Waals surface area (Å²) in [4.78, 5) is 19.2. The lowest BCUT2D eigenvalue weighted by molar-refractivity contribution is 0.0538. The molecular weight excluding hydrogens is 314 g/mol. The topological polar surface area (TPSA) is 66.2 Å². The number of para-hydroxylation sites is 1. The van der Waals surface area contributed by atoms with E-state index in [1.165, 1.54) is 0 Å². The van der Waals surface area contributed by atoms with Crippen LogP contribution in [0.2, 0.25) is 0 Å². The Hall–Kier alpha value is -2.87. The molecule has 2 aliphatic rings. The first-order valence-electron chi connectivity index (χ1n) is 8.46. The normalized spacial score (nSPS) is 21.8. The van der Waals surface area contributed by atoms with E-state index in [0.29, 0.717) is 35.7 Å². The lowest BCUT2D eigenvalue weighted by Crippen LogP contribution is -2.44. The SMILES string of the molecule is Cc1cc(C)c(C#N)c(N2CCC3(CC(=O)c4ccccc4O3)C2)n1. The molecule has 5 heteroatoms. The Morgan fingerprint density at radius 2 is 2.12 bits per heavy atom. The number of anilines is 1. The van der Waals surface area contributed by atoms with Gasteiger partial charge in [0.05, 0.1) is 24.1 Å². The summed E-state index contributed by atoms with van der Waals surface area (Å²) in [6.45, 7) is 5.15. The molecular formula is C20H19N3O2. The number of nitrogens with zero attached hydrogens (tertiary/aromatic N) is 3. The van der Waals surface area contributed by atoms with Crippen LogP contribution in [0.1, 0.15) is 40.0 Å². The highest BCUT2D eigenvalue weighted by molar-refractivity contribution is 6.00. The minimum atomic E-state index is -0.530. The number of carbonyl (C=O) groups excluding carboxylic acids is 1. The number of ether oxygens (including phenoxy) is 1.